The number of hydrogen-bond donors (Lipinski definition) is 2. The third kappa shape index (κ3) is 3.28. The standard InChI is InChI=1S/C24H18N2O4/c27-22(28)16-7-1-3-9-18(16)24(19-10-4-2-8-17(19)23(29)30)13-12-21(26-15-24)20-11-5-6-14-25-20/h1-12,14-15H,13H2,(H,27,28)(H,29,30). The van der Waals surface area contributed by atoms with Gasteiger partial charge in [-0.05, 0) is 41.8 Å². The van der Waals surface area contributed by atoms with Crippen LogP contribution in [0.1, 0.15) is 44.0 Å². The minimum absolute atomic E-state index is 0.110. The molecule has 2 heterocycles. The van der Waals surface area contributed by atoms with Crippen molar-refractivity contribution >= 4 is 23.9 Å². The Hall–Kier alpha value is -4.06. The zero-order chi connectivity index (χ0) is 21.1. The second-order valence-corrected chi connectivity index (χ2v) is 6.94. The number of pyridine rings is 1. The number of allylic oxidation sites excluding steroid dienone is 1. The van der Waals surface area contributed by atoms with Crippen molar-refractivity contribution in [3.63, 3.8) is 0 Å². The summed E-state index contributed by atoms with van der Waals surface area (Å²) in [7, 11) is 0. The Morgan fingerprint density at radius 2 is 1.37 bits per heavy atom. The number of hydrogen-bond acceptors (Lipinski definition) is 4. The number of carbonyl (C=O) groups is 2. The van der Waals surface area contributed by atoms with E-state index >= 15 is 0 Å². The van der Waals surface area contributed by atoms with E-state index in [1.54, 1.807) is 48.8 Å². The van der Waals surface area contributed by atoms with Crippen LogP contribution in [-0.4, -0.2) is 33.4 Å². The Morgan fingerprint density at radius 1 is 0.800 bits per heavy atom. The summed E-state index contributed by atoms with van der Waals surface area (Å²) < 4.78 is 0. The Balaban J connectivity index is 1.94. The van der Waals surface area contributed by atoms with E-state index in [9.17, 15) is 19.8 Å². The van der Waals surface area contributed by atoms with E-state index < -0.39 is 17.4 Å². The highest BCUT2D eigenvalue weighted by molar-refractivity contribution is 5.98. The first kappa shape index (κ1) is 19.3. The Morgan fingerprint density at radius 3 is 1.83 bits per heavy atom. The molecule has 6 nitrogen and oxygen atoms in total. The van der Waals surface area contributed by atoms with Gasteiger partial charge in [-0.15, -0.1) is 0 Å². The molecule has 0 aliphatic carbocycles. The van der Waals surface area contributed by atoms with Crippen LogP contribution in [0.5, 0.6) is 0 Å². The molecule has 1 aliphatic heterocycles. The van der Waals surface area contributed by atoms with Crippen molar-refractivity contribution in [1.29, 1.82) is 0 Å². The normalized spacial score (nSPS) is 14.7. The molecule has 2 N–H and O–H groups in total. The van der Waals surface area contributed by atoms with Gasteiger partial charge in [0.05, 0.1) is 27.9 Å². The molecule has 0 fully saturated rings. The van der Waals surface area contributed by atoms with Gasteiger partial charge in [0.15, 0.2) is 0 Å². The number of aliphatic imine (C=N–C) groups is 1. The smallest absolute Gasteiger partial charge is 0.336 e. The lowest BCUT2D eigenvalue weighted by Gasteiger charge is -2.34. The molecule has 30 heavy (non-hydrogen) atoms. The Kier molecular flexibility index (Phi) is 4.98. The predicted molar refractivity (Wildman–Crippen MR) is 113 cm³/mol. The number of nitrogens with zero attached hydrogens (tertiary/aromatic N) is 2. The van der Waals surface area contributed by atoms with Crippen LogP contribution in [0.3, 0.4) is 0 Å². The first-order chi connectivity index (χ1) is 14.5. The highest BCUT2D eigenvalue weighted by Gasteiger charge is 2.39. The quantitative estimate of drug-likeness (QED) is 0.668. The maximum Gasteiger partial charge on any atom is 0.336 e. The Bertz CT molecular complexity index is 1130. The summed E-state index contributed by atoms with van der Waals surface area (Å²) in [5.41, 5.74) is 1.52. The minimum Gasteiger partial charge on any atom is -0.478 e. The number of aromatic nitrogens is 1. The molecule has 148 valence electrons. The van der Waals surface area contributed by atoms with E-state index in [4.69, 9.17) is 0 Å². The maximum atomic E-state index is 12.0. The third-order valence-electron chi connectivity index (χ3n) is 5.24. The SMILES string of the molecule is O=C(O)c1ccccc1C1(c2ccccc2C(=O)O)C=NC(c2ccccn2)=CC1. The molecule has 0 spiro atoms. The zero-order valence-corrected chi connectivity index (χ0v) is 15.9. The van der Waals surface area contributed by atoms with Crippen LogP contribution in [0.25, 0.3) is 5.70 Å². The van der Waals surface area contributed by atoms with Crippen molar-refractivity contribution in [3.05, 3.63) is 107 Å². The molecule has 0 bridgehead atoms. The fraction of sp³-hybridized carbons (Fsp3) is 0.0833. The molecule has 1 aliphatic rings. The van der Waals surface area contributed by atoms with Crippen molar-refractivity contribution in [2.45, 2.75) is 11.8 Å². The largest absolute Gasteiger partial charge is 0.478 e. The lowest BCUT2D eigenvalue weighted by molar-refractivity contribution is 0.0686. The summed E-state index contributed by atoms with van der Waals surface area (Å²) in [6.45, 7) is 0. The van der Waals surface area contributed by atoms with Crippen LogP contribution in [0, 0.1) is 0 Å². The van der Waals surface area contributed by atoms with E-state index in [0.717, 1.165) is 0 Å². The van der Waals surface area contributed by atoms with E-state index in [1.165, 1.54) is 12.1 Å². The molecule has 0 atom stereocenters. The monoisotopic (exact) mass is 398 g/mol. The molecule has 0 saturated heterocycles. The highest BCUT2D eigenvalue weighted by atomic mass is 16.4. The second-order valence-electron chi connectivity index (χ2n) is 6.94. The lowest BCUT2D eigenvalue weighted by atomic mass is 9.69. The van der Waals surface area contributed by atoms with Crippen LogP contribution in [0.4, 0.5) is 0 Å². The number of carboxylic acids is 2. The summed E-state index contributed by atoms with van der Waals surface area (Å²) in [6.07, 6.45) is 5.55. The van der Waals surface area contributed by atoms with Gasteiger partial charge in [-0.25, -0.2) is 9.59 Å². The topological polar surface area (TPSA) is 99.8 Å². The average molecular weight is 398 g/mol. The zero-order valence-electron chi connectivity index (χ0n) is 15.9. The average Bonchev–Trinajstić information content (AvgIpc) is 2.79. The van der Waals surface area contributed by atoms with E-state index in [0.29, 0.717) is 28.9 Å². The van der Waals surface area contributed by atoms with Crippen LogP contribution in [0.15, 0.2) is 84.0 Å². The lowest BCUT2D eigenvalue weighted by Crippen LogP contribution is -2.34. The van der Waals surface area contributed by atoms with E-state index in [-0.39, 0.29) is 11.1 Å². The number of benzene rings is 2. The summed E-state index contributed by atoms with van der Waals surface area (Å²) in [6, 6.07) is 18.8. The van der Waals surface area contributed by atoms with Gasteiger partial charge in [-0.3, -0.25) is 9.98 Å². The number of aromatic carboxylic acids is 2. The van der Waals surface area contributed by atoms with E-state index in [1.807, 2.05) is 24.3 Å². The first-order valence-corrected chi connectivity index (χ1v) is 9.35. The van der Waals surface area contributed by atoms with Gasteiger partial charge in [0.2, 0.25) is 0 Å². The fourth-order valence-corrected chi connectivity index (χ4v) is 3.85. The van der Waals surface area contributed by atoms with Crippen molar-refractivity contribution in [1.82, 2.24) is 4.98 Å². The van der Waals surface area contributed by atoms with Gasteiger partial charge in [-0.1, -0.05) is 48.5 Å². The molecular weight excluding hydrogens is 380 g/mol. The summed E-state index contributed by atoms with van der Waals surface area (Å²) >= 11 is 0. The van der Waals surface area contributed by atoms with Gasteiger partial charge in [-0.2, -0.15) is 0 Å². The summed E-state index contributed by atoms with van der Waals surface area (Å²) in [5, 5.41) is 19.6. The Labute approximate surface area is 172 Å². The van der Waals surface area contributed by atoms with Gasteiger partial charge >= 0.3 is 11.9 Å². The molecule has 1 aromatic heterocycles. The molecule has 0 unspecified atom stereocenters. The van der Waals surface area contributed by atoms with Crippen LogP contribution < -0.4 is 0 Å². The van der Waals surface area contributed by atoms with Crippen molar-refractivity contribution in [2.24, 2.45) is 4.99 Å². The van der Waals surface area contributed by atoms with Crippen molar-refractivity contribution in [2.75, 3.05) is 0 Å². The molecule has 2 aromatic carbocycles. The first-order valence-electron chi connectivity index (χ1n) is 9.35. The molecule has 6 heteroatoms. The van der Waals surface area contributed by atoms with Gasteiger partial charge in [0.1, 0.15) is 0 Å². The third-order valence-corrected chi connectivity index (χ3v) is 5.24. The molecule has 4 rings (SSSR count). The summed E-state index contributed by atoms with van der Waals surface area (Å²) in [4.78, 5) is 32.8. The van der Waals surface area contributed by atoms with Crippen LogP contribution in [0.2, 0.25) is 0 Å². The van der Waals surface area contributed by atoms with Crippen LogP contribution >= 0.6 is 0 Å². The summed E-state index contributed by atoms with van der Waals surface area (Å²) in [5.74, 6) is -2.16. The molecular formula is C24H18N2O4. The predicted octanol–water partition coefficient (Wildman–Crippen LogP) is 4.28. The molecule has 0 radical (unpaired) electrons. The van der Waals surface area contributed by atoms with E-state index in [2.05, 4.69) is 9.98 Å². The van der Waals surface area contributed by atoms with Gasteiger partial charge in [0.25, 0.3) is 0 Å². The number of carboxylic acid groups (broad SMARTS) is 2. The second kappa shape index (κ2) is 7.75. The maximum absolute atomic E-state index is 12.0. The van der Waals surface area contributed by atoms with Crippen molar-refractivity contribution in [3.8, 4) is 0 Å². The molecule has 0 amide bonds. The van der Waals surface area contributed by atoms with Crippen LogP contribution in [-0.2, 0) is 5.41 Å². The fourth-order valence-electron chi connectivity index (χ4n) is 3.85. The van der Waals surface area contributed by atoms with Gasteiger partial charge < -0.3 is 10.2 Å². The van der Waals surface area contributed by atoms with Crippen molar-refractivity contribution < 1.29 is 19.8 Å². The molecule has 0 saturated carbocycles. The number of rotatable bonds is 5. The minimum atomic E-state index is -1.08. The highest BCUT2D eigenvalue weighted by Crippen LogP contribution is 2.41. The molecule has 3 aromatic rings. The van der Waals surface area contributed by atoms with Gasteiger partial charge in [0, 0.05) is 12.4 Å².